The molecule has 0 radical (unpaired) electrons. The van der Waals surface area contributed by atoms with Gasteiger partial charge in [-0.1, -0.05) is 0 Å². The van der Waals surface area contributed by atoms with Crippen molar-refractivity contribution in [3.8, 4) is 0 Å². The van der Waals surface area contributed by atoms with E-state index in [1.165, 1.54) is 0 Å². The minimum atomic E-state index is -0.421. The first kappa shape index (κ1) is 13.6. The summed E-state index contributed by atoms with van der Waals surface area (Å²) in [5.74, 6) is 0. The van der Waals surface area contributed by atoms with Crippen LogP contribution in [0.3, 0.4) is 0 Å². The molecular weight excluding hydrogens is 230 g/mol. The van der Waals surface area contributed by atoms with Crippen molar-refractivity contribution in [3.05, 3.63) is 0 Å². The Morgan fingerprint density at radius 3 is 2.56 bits per heavy atom. The van der Waals surface area contributed by atoms with Crippen LogP contribution < -0.4 is 5.73 Å². The molecule has 0 aromatic carbocycles. The minimum Gasteiger partial charge on any atom is -0.444 e. The number of carbonyl (C=O) groups excluding carboxylic acids is 1. The van der Waals surface area contributed by atoms with Crippen LogP contribution in [0, 0.1) is 0 Å². The van der Waals surface area contributed by atoms with E-state index in [-0.39, 0.29) is 11.6 Å². The summed E-state index contributed by atoms with van der Waals surface area (Å²) < 4.78 is 5.48. The van der Waals surface area contributed by atoms with Crippen molar-refractivity contribution < 1.29 is 9.53 Å². The van der Waals surface area contributed by atoms with Crippen LogP contribution in [-0.4, -0.2) is 53.3 Å². The van der Waals surface area contributed by atoms with Gasteiger partial charge in [-0.2, -0.15) is 0 Å². The number of nitrogens with zero attached hydrogens (tertiary/aromatic N) is 2. The first-order valence-electron chi connectivity index (χ1n) is 6.79. The van der Waals surface area contributed by atoms with Crippen molar-refractivity contribution in [2.24, 2.45) is 5.73 Å². The highest BCUT2D eigenvalue weighted by Gasteiger charge is 2.50. The van der Waals surface area contributed by atoms with E-state index in [1.807, 2.05) is 25.7 Å². The fraction of sp³-hybridized carbons (Fsp3) is 0.923. The van der Waals surface area contributed by atoms with Gasteiger partial charge in [-0.15, -0.1) is 0 Å². The molecule has 2 heterocycles. The lowest BCUT2D eigenvalue weighted by molar-refractivity contribution is -0.0736. The molecule has 1 atom stereocenters. The van der Waals surface area contributed by atoms with Crippen molar-refractivity contribution in [3.63, 3.8) is 0 Å². The Labute approximate surface area is 109 Å². The van der Waals surface area contributed by atoms with E-state index in [2.05, 4.69) is 4.90 Å². The van der Waals surface area contributed by atoms with E-state index >= 15 is 0 Å². The van der Waals surface area contributed by atoms with Crippen LogP contribution in [0.15, 0.2) is 0 Å². The zero-order valence-corrected chi connectivity index (χ0v) is 11.7. The quantitative estimate of drug-likeness (QED) is 0.769. The maximum absolute atomic E-state index is 12.2. The second kappa shape index (κ2) is 4.70. The molecule has 2 N–H and O–H groups in total. The highest BCUT2D eigenvalue weighted by molar-refractivity contribution is 5.70. The Morgan fingerprint density at radius 2 is 2.06 bits per heavy atom. The number of carbonyl (C=O) groups is 1. The zero-order valence-electron chi connectivity index (χ0n) is 11.7. The van der Waals surface area contributed by atoms with Gasteiger partial charge in [0, 0.05) is 19.8 Å². The normalized spacial score (nSPS) is 29.2. The number of hydrogen-bond acceptors (Lipinski definition) is 4. The Bertz CT molecular complexity index is 327. The molecule has 18 heavy (non-hydrogen) atoms. The van der Waals surface area contributed by atoms with Crippen molar-refractivity contribution in [1.29, 1.82) is 0 Å². The van der Waals surface area contributed by atoms with E-state index in [9.17, 15) is 4.79 Å². The summed E-state index contributed by atoms with van der Waals surface area (Å²) in [6, 6.07) is 0. The van der Waals surface area contributed by atoms with Crippen LogP contribution in [0.4, 0.5) is 4.79 Å². The van der Waals surface area contributed by atoms with Gasteiger partial charge in [0.05, 0.1) is 5.54 Å². The van der Waals surface area contributed by atoms with Crippen molar-refractivity contribution in [2.45, 2.75) is 51.2 Å². The van der Waals surface area contributed by atoms with E-state index < -0.39 is 5.60 Å². The van der Waals surface area contributed by atoms with Gasteiger partial charge in [-0.25, -0.2) is 4.79 Å². The van der Waals surface area contributed by atoms with Crippen LogP contribution in [0.25, 0.3) is 0 Å². The summed E-state index contributed by atoms with van der Waals surface area (Å²) in [6.45, 7) is 9.04. The predicted octanol–water partition coefficient (Wildman–Crippen LogP) is 1.38. The monoisotopic (exact) mass is 255 g/mol. The van der Waals surface area contributed by atoms with E-state index in [0.29, 0.717) is 6.67 Å². The van der Waals surface area contributed by atoms with Gasteiger partial charge in [-0.3, -0.25) is 4.90 Å². The molecule has 2 aliphatic rings. The molecule has 104 valence electrons. The second-order valence-corrected chi connectivity index (χ2v) is 6.44. The average molecular weight is 255 g/mol. The van der Waals surface area contributed by atoms with Crippen molar-refractivity contribution >= 4 is 6.09 Å². The van der Waals surface area contributed by atoms with E-state index in [0.717, 1.165) is 38.9 Å². The summed E-state index contributed by atoms with van der Waals surface area (Å²) in [6.07, 6.45) is 3.08. The molecule has 0 bridgehead atoms. The summed E-state index contributed by atoms with van der Waals surface area (Å²) in [4.78, 5) is 16.3. The van der Waals surface area contributed by atoms with E-state index in [4.69, 9.17) is 10.5 Å². The number of piperidine rings is 1. The molecule has 5 nitrogen and oxygen atoms in total. The molecule has 1 spiro atoms. The maximum Gasteiger partial charge on any atom is 0.410 e. The van der Waals surface area contributed by atoms with Crippen LogP contribution in [-0.2, 0) is 4.74 Å². The molecule has 0 aromatic rings. The number of ether oxygens (including phenoxy) is 1. The van der Waals surface area contributed by atoms with Gasteiger partial charge in [0.15, 0.2) is 0 Å². The molecule has 0 saturated carbocycles. The second-order valence-electron chi connectivity index (χ2n) is 6.44. The molecule has 2 saturated heterocycles. The van der Waals surface area contributed by atoms with Gasteiger partial charge < -0.3 is 15.4 Å². The number of nitrogens with two attached hydrogens (primary N) is 1. The summed E-state index contributed by atoms with van der Waals surface area (Å²) in [5.41, 5.74) is 5.28. The van der Waals surface area contributed by atoms with Crippen LogP contribution in [0.1, 0.15) is 40.0 Å². The standard InChI is InChI=1S/C13H25N3O2/c1-12(2,3)18-11(17)16-8-6-13(16)5-4-7-15(9-13)10-14/h4-10,14H2,1-3H3. The third kappa shape index (κ3) is 2.62. The molecule has 0 aromatic heterocycles. The van der Waals surface area contributed by atoms with Gasteiger partial charge in [-0.05, 0) is 46.6 Å². The van der Waals surface area contributed by atoms with Crippen molar-refractivity contribution in [2.75, 3.05) is 26.3 Å². The molecular formula is C13H25N3O2. The third-order valence-electron chi connectivity index (χ3n) is 3.88. The molecule has 1 amide bonds. The number of hydrogen-bond donors (Lipinski definition) is 1. The topological polar surface area (TPSA) is 58.8 Å². The minimum absolute atomic E-state index is 0.0139. The highest BCUT2D eigenvalue weighted by Crippen LogP contribution is 2.39. The summed E-state index contributed by atoms with van der Waals surface area (Å²) >= 11 is 0. The molecule has 2 fully saturated rings. The zero-order chi connectivity index (χ0) is 13.4. The lowest BCUT2D eigenvalue weighted by atomic mass is 9.78. The van der Waals surface area contributed by atoms with Crippen LogP contribution in [0.5, 0.6) is 0 Å². The van der Waals surface area contributed by atoms with Gasteiger partial charge in [0.1, 0.15) is 5.60 Å². The molecule has 5 heteroatoms. The van der Waals surface area contributed by atoms with Crippen LogP contribution >= 0.6 is 0 Å². The van der Waals surface area contributed by atoms with Gasteiger partial charge in [0.2, 0.25) is 0 Å². The SMILES string of the molecule is CC(C)(C)OC(=O)N1CCC12CCCN(CN)C2. The number of likely N-dealkylation sites (tertiary alicyclic amines) is 2. The average Bonchev–Trinajstić information content (AvgIpc) is 2.25. The molecule has 2 rings (SSSR count). The third-order valence-corrected chi connectivity index (χ3v) is 3.88. The smallest absolute Gasteiger partial charge is 0.410 e. The van der Waals surface area contributed by atoms with Crippen LogP contribution in [0.2, 0.25) is 0 Å². The summed E-state index contributed by atoms with van der Waals surface area (Å²) in [7, 11) is 0. The Balaban J connectivity index is 2.00. The van der Waals surface area contributed by atoms with E-state index in [1.54, 1.807) is 0 Å². The van der Waals surface area contributed by atoms with Gasteiger partial charge in [0.25, 0.3) is 0 Å². The number of rotatable bonds is 1. The number of amides is 1. The lowest BCUT2D eigenvalue weighted by Crippen LogP contribution is -2.69. The lowest BCUT2D eigenvalue weighted by Gasteiger charge is -2.56. The largest absolute Gasteiger partial charge is 0.444 e. The Morgan fingerprint density at radius 1 is 1.33 bits per heavy atom. The highest BCUT2D eigenvalue weighted by atomic mass is 16.6. The van der Waals surface area contributed by atoms with Gasteiger partial charge >= 0.3 is 6.09 Å². The predicted molar refractivity (Wildman–Crippen MR) is 70.1 cm³/mol. The maximum atomic E-state index is 12.2. The fourth-order valence-corrected chi connectivity index (χ4v) is 2.93. The molecule has 2 aliphatic heterocycles. The molecule has 0 aliphatic carbocycles. The fourth-order valence-electron chi connectivity index (χ4n) is 2.93. The van der Waals surface area contributed by atoms with Crippen molar-refractivity contribution in [1.82, 2.24) is 9.80 Å². The Kier molecular flexibility index (Phi) is 3.56. The summed E-state index contributed by atoms with van der Waals surface area (Å²) in [5, 5.41) is 0. The first-order chi connectivity index (χ1) is 8.36. The molecule has 1 unspecified atom stereocenters. The first-order valence-corrected chi connectivity index (χ1v) is 6.79. The Hall–Kier alpha value is -0.810.